The minimum atomic E-state index is -0.216. The molecule has 2 aromatic carbocycles. The second-order valence-corrected chi connectivity index (χ2v) is 7.50. The number of aromatic nitrogens is 1. The summed E-state index contributed by atoms with van der Waals surface area (Å²) in [5.41, 5.74) is 3.61. The van der Waals surface area contributed by atoms with Crippen molar-refractivity contribution in [3.8, 4) is 17.2 Å². The third-order valence-electron chi connectivity index (χ3n) is 4.36. The quantitative estimate of drug-likeness (QED) is 0.682. The highest BCUT2D eigenvalue weighted by atomic mass is 32.1. The molecule has 0 atom stereocenters. The van der Waals surface area contributed by atoms with E-state index in [2.05, 4.69) is 16.4 Å². The number of thiazole rings is 1. The molecule has 1 N–H and O–H groups in total. The fourth-order valence-corrected chi connectivity index (χ4v) is 3.59. The number of carbonyl (C=O) groups excluding carboxylic acids is 1. The number of ether oxygens (including phenoxy) is 3. The molecule has 28 heavy (non-hydrogen) atoms. The van der Waals surface area contributed by atoms with Crippen LogP contribution in [0.4, 0.5) is 0 Å². The maximum atomic E-state index is 12.4. The summed E-state index contributed by atoms with van der Waals surface area (Å²) in [5, 5.41) is 5.38. The highest BCUT2D eigenvalue weighted by molar-refractivity contribution is 7.09. The van der Waals surface area contributed by atoms with Crippen molar-refractivity contribution in [3.05, 3.63) is 69.2 Å². The zero-order valence-corrected chi connectivity index (χ0v) is 16.5. The number of hydrogen-bond acceptors (Lipinski definition) is 6. The summed E-state index contributed by atoms with van der Waals surface area (Å²) in [7, 11) is 0. The fourth-order valence-electron chi connectivity index (χ4n) is 2.91. The molecule has 1 aliphatic rings. The molecule has 4 rings (SSSR count). The van der Waals surface area contributed by atoms with E-state index in [4.69, 9.17) is 14.2 Å². The van der Waals surface area contributed by atoms with Crippen LogP contribution >= 0.6 is 11.3 Å². The molecule has 7 heteroatoms. The molecule has 1 aliphatic heterocycles. The van der Waals surface area contributed by atoms with Crippen LogP contribution in [0.3, 0.4) is 0 Å². The van der Waals surface area contributed by atoms with Crippen molar-refractivity contribution in [1.82, 2.24) is 10.3 Å². The molecular weight excluding hydrogens is 376 g/mol. The first kappa shape index (κ1) is 18.3. The molecular formula is C21H20N2O4S. The van der Waals surface area contributed by atoms with E-state index >= 15 is 0 Å². The molecule has 0 saturated carbocycles. The van der Waals surface area contributed by atoms with Crippen molar-refractivity contribution in [1.29, 1.82) is 0 Å². The molecule has 0 aliphatic carbocycles. The molecule has 0 bridgehead atoms. The fraction of sp³-hybridized carbons (Fsp3) is 0.238. The van der Waals surface area contributed by atoms with E-state index in [-0.39, 0.29) is 12.7 Å². The maximum Gasteiger partial charge on any atom is 0.271 e. The van der Waals surface area contributed by atoms with Crippen LogP contribution in [-0.4, -0.2) is 17.7 Å². The largest absolute Gasteiger partial charge is 0.486 e. The van der Waals surface area contributed by atoms with Crippen LogP contribution in [-0.2, 0) is 13.2 Å². The van der Waals surface area contributed by atoms with Gasteiger partial charge in [-0.2, -0.15) is 0 Å². The van der Waals surface area contributed by atoms with Crippen LogP contribution in [0.5, 0.6) is 17.2 Å². The lowest BCUT2D eigenvalue weighted by molar-refractivity contribution is 0.0946. The summed E-state index contributed by atoms with van der Waals surface area (Å²) in [4.78, 5) is 16.7. The van der Waals surface area contributed by atoms with Gasteiger partial charge in [0.1, 0.15) is 23.1 Å². The number of hydrogen-bond donors (Lipinski definition) is 1. The number of carbonyl (C=O) groups is 1. The summed E-state index contributed by atoms with van der Waals surface area (Å²) in [5.74, 6) is 2.04. The number of fused-ring (bicyclic) bond motifs is 1. The van der Waals surface area contributed by atoms with Gasteiger partial charge in [-0.3, -0.25) is 4.79 Å². The summed E-state index contributed by atoms with van der Waals surface area (Å²) < 4.78 is 16.5. The monoisotopic (exact) mass is 396 g/mol. The van der Waals surface area contributed by atoms with Gasteiger partial charge in [0.15, 0.2) is 11.5 Å². The highest BCUT2D eigenvalue weighted by Crippen LogP contribution is 2.32. The van der Waals surface area contributed by atoms with Crippen LogP contribution < -0.4 is 19.5 Å². The van der Waals surface area contributed by atoms with E-state index in [1.165, 1.54) is 16.9 Å². The Hall–Kier alpha value is -3.06. The molecule has 144 valence electrons. The SMILES string of the molecule is Cc1ccc(OCc2nc(C(=O)NCc3ccc4c(c3)OCO4)cs2)c(C)c1. The highest BCUT2D eigenvalue weighted by Gasteiger charge is 2.15. The van der Waals surface area contributed by atoms with Gasteiger partial charge in [-0.25, -0.2) is 4.98 Å². The van der Waals surface area contributed by atoms with Crippen molar-refractivity contribution in [3.63, 3.8) is 0 Å². The zero-order valence-electron chi connectivity index (χ0n) is 15.7. The molecule has 1 amide bonds. The van der Waals surface area contributed by atoms with Crippen LogP contribution in [0.2, 0.25) is 0 Å². The summed E-state index contributed by atoms with van der Waals surface area (Å²) in [6, 6.07) is 11.7. The molecule has 0 saturated heterocycles. The molecule has 6 nitrogen and oxygen atoms in total. The van der Waals surface area contributed by atoms with Crippen LogP contribution in [0.1, 0.15) is 32.2 Å². The Bertz CT molecular complexity index is 1020. The first-order valence-electron chi connectivity index (χ1n) is 8.89. The first-order valence-corrected chi connectivity index (χ1v) is 9.77. The van der Waals surface area contributed by atoms with Gasteiger partial charge in [0.25, 0.3) is 5.91 Å². The maximum absolute atomic E-state index is 12.4. The summed E-state index contributed by atoms with van der Waals surface area (Å²) in [6.07, 6.45) is 0. The topological polar surface area (TPSA) is 69.7 Å². The zero-order chi connectivity index (χ0) is 19.5. The van der Waals surface area contributed by atoms with Gasteiger partial charge in [-0.05, 0) is 43.2 Å². The Morgan fingerprint density at radius 1 is 1.18 bits per heavy atom. The van der Waals surface area contributed by atoms with Crippen LogP contribution in [0, 0.1) is 13.8 Å². The Labute approximate surface area is 167 Å². The predicted octanol–water partition coefficient (Wildman–Crippen LogP) is 4.00. The Morgan fingerprint density at radius 2 is 2.04 bits per heavy atom. The molecule has 0 unspecified atom stereocenters. The minimum absolute atomic E-state index is 0.216. The van der Waals surface area contributed by atoms with Crippen molar-refractivity contribution < 1.29 is 19.0 Å². The molecule has 0 spiro atoms. The molecule has 3 aromatic rings. The number of aryl methyl sites for hydroxylation is 2. The Kier molecular flexibility index (Phi) is 5.16. The lowest BCUT2D eigenvalue weighted by atomic mass is 10.1. The molecule has 0 fully saturated rings. The van der Waals surface area contributed by atoms with Gasteiger partial charge < -0.3 is 19.5 Å². The van der Waals surface area contributed by atoms with Gasteiger partial charge in [0, 0.05) is 11.9 Å². The molecule has 1 aromatic heterocycles. The minimum Gasteiger partial charge on any atom is -0.486 e. The van der Waals surface area contributed by atoms with E-state index in [0.717, 1.165) is 27.6 Å². The number of nitrogens with one attached hydrogen (secondary N) is 1. The van der Waals surface area contributed by atoms with E-state index in [1.807, 2.05) is 44.2 Å². The standard InChI is InChI=1S/C21H20N2O4S/c1-13-3-5-17(14(2)7-13)25-10-20-23-16(11-28-20)21(24)22-9-15-4-6-18-19(8-15)27-12-26-18/h3-8,11H,9-10,12H2,1-2H3,(H,22,24). The third kappa shape index (κ3) is 4.09. The predicted molar refractivity (Wildman–Crippen MR) is 106 cm³/mol. The van der Waals surface area contributed by atoms with Gasteiger partial charge in [0.2, 0.25) is 6.79 Å². The number of rotatable bonds is 6. The van der Waals surface area contributed by atoms with Crippen molar-refractivity contribution in [2.24, 2.45) is 0 Å². The summed E-state index contributed by atoms with van der Waals surface area (Å²) >= 11 is 1.41. The van der Waals surface area contributed by atoms with Crippen molar-refractivity contribution in [2.75, 3.05) is 6.79 Å². The second kappa shape index (κ2) is 7.90. The van der Waals surface area contributed by atoms with Gasteiger partial charge in [0.05, 0.1) is 0 Å². The Morgan fingerprint density at radius 3 is 2.89 bits per heavy atom. The second-order valence-electron chi connectivity index (χ2n) is 6.55. The van der Waals surface area contributed by atoms with Gasteiger partial charge in [-0.1, -0.05) is 23.8 Å². The first-order chi connectivity index (χ1) is 13.6. The number of nitrogens with zero attached hydrogens (tertiary/aromatic N) is 1. The van der Waals surface area contributed by atoms with Gasteiger partial charge >= 0.3 is 0 Å². The summed E-state index contributed by atoms with van der Waals surface area (Å²) in [6.45, 7) is 5.02. The van der Waals surface area contributed by atoms with Crippen molar-refractivity contribution >= 4 is 17.2 Å². The number of amides is 1. The van der Waals surface area contributed by atoms with E-state index in [1.54, 1.807) is 5.38 Å². The molecule has 2 heterocycles. The third-order valence-corrected chi connectivity index (χ3v) is 5.18. The average molecular weight is 396 g/mol. The van der Waals surface area contributed by atoms with Gasteiger partial charge in [-0.15, -0.1) is 11.3 Å². The van der Waals surface area contributed by atoms with Crippen LogP contribution in [0.25, 0.3) is 0 Å². The van der Waals surface area contributed by atoms with Crippen LogP contribution in [0.15, 0.2) is 41.8 Å². The lowest BCUT2D eigenvalue weighted by Crippen LogP contribution is -2.23. The van der Waals surface area contributed by atoms with Crippen molar-refractivity contribution in [2.45, 2.75) is 27.0 Å². The van der Waals surface area contributed by atoms with E-state index in [0.29, 0.717) is 24.6 Å². The Balaban J connectivity index is 1.32. The molecule has 0 radical (unpaired) electrons. The van der Waals surface area contributed by atoms with E-state index in [9.17, 15) is 4.79 Å². The smallest absolute Gasteiger partial charge is 0.271 e. The number of benzene rings is 2. The average Bonchev–Trinajstić information content (AvgIpc) is 3.34. The van der Waals surface area contributed by atoms with E-state index < -0.39 is 0 Å². The normalized spacial score (nSPS) is 12.1. The lowest BCUT2D eigenvalue weighted by Gasteiger charge is -2.08.